The van der Waals surface area contributed by atoms with E-state index in [0.717, 1.165) is 20.7 Å². The number of aryl methyl sites for hydroxylation is 2. The van der Waals surface area contributed by atoms with Crippen molar-refractivity contribution in [3.05, 3.63) is 59.1 Å². The molecule has 0 aliphatic carbocycles. The highest BCUT2D eigenvalue weighted by Crippen LogP contribution is 2.23. The Morgan fingerprint density at radius 3 is 2.75 bits per heavy atom. The van der Waals surface area contributed by atoms with Crippen LogP contribution in [0.5, 0.6) is 0 Å². The molecule has 0 unspecified atom stereocenters. The molecule has 6 nitrogen and oxygen atoms in total. The zero-order valence-corrected chi connectivity index (χ0v) is 15.0. The Labute approximate surface area is 148 Å². The van der Waals surface area contributed by atoms with E-state index in [1.54, 1.807) is 6.20 Å². The number of rotatable bonds is 6. The predicted octanol–water partition coefficient (Wildman–Crippen LogP) is 2.58. The number of hydrogen-bond donors (Lipinski definition) is 1. The normalized spacial score (nSPS) is 12.1. The number of hydrogen-bond acceptors (Lipinski definition) is 6. The van der Waals surface area contributed by atoms with Gasteiger partial charge in [-0.05, 0) is 12.5 Å². The summed E-state index contributed by atoms with van der Waals surface area (Å²) in [6.45, 7) is 1.90. The van der Waals surface area contributed by atoms with Crippen LogP contribution in [0.4, 0.5) is 0 Å². The summed E-state index contributed by atoms with van der Waals surface area (Å²) in [5.41, 5.74) is 0.997. The minimum absolute atomic E-state index is 0.0651. The second kappa shape index (κ2) is 7.59. The van der Waals surface area contributed by atoms with Gasteiger partial charge in [-0.1, -0.05) is 53.4 Å². The number of amides is 1. The highest BCUT2D eigenvalue weighted by atomic mass is 32.2. The molecule has 3 rings (SSSR count). The third kappa shape index (κ3) is 4.01. The van der Waals surface area contributed by atoms with E-state index >= 15 is 0 Å². The molecular formula is C16H17N5OS2. The fourth-order valence-electron chi connectivity index (χ4n) is 2.26. The molecule has 2 heterocycles. The van der Waals surface area contributed by atoms with Gasteiger partial charge in [-0.3, -0.25) is 4.79 Å². The largest absolute Gasteiger partial charge is 0.341 e. The molecule has 3 aromatic rings. The van der Waals surface area contributed by atoms with Crippen molar-refractivity contribution in [2.75, 3.05) is 5.75 Å². The average Bonchev–Trinajstić information content (AvgIpc) is 3.20. The second-order valence-electron chi connectivity index (χ2n) is 5.18. The summed E-state index contributed by atoms with van der Waals surface area (Å²) in [4.78, 5) is 16.8. The van der Waals surface area contributed by atoms with E-state index in [0.29, 0.717) is 5.75 Å². The van der Waals surface area contributed by atoms with Gasteiger partial charge in [0, 0.05) is 19.4 Å². The summed E-state index contributed by atoms with van der Waals surface area (Å²) >= 11 is 2.88. The number of carbonyl (C=O) groups is 1. The first-order valence-corrected chi connectivity index (χ1v) is 9.18. The van der Waals surface area contributed by atoms with Gasteiger partial charge in [0.05, 0.1) is 5.75 Å². The Balaban J connectivity index is 1.72. The van der Waals surface area contributed by atoms with Crippen molar-refractivity contribution in [1.29, 1.82) is 0 Å². The van der Waals surface area contributed by atoms with Crippen molar-refractivity contribution < 1.29 is 4.79 Å². The third-order valence-electron chi connectivity index (χ3n) is 3.39. The minimum atomic E-state index is -0.282. The molecule has 0 saturated heterocycles. The lowest BCUT2D eigenvalue weighted by molar-refractivity contribution is -0.119. The molecule has 0 fully saturated rings. The summed E-state index contributed by atoms with van der Waals surface area (Å²) in [5, 5.41) is 11.9. The van der Waals surface area contributed by atoms with Crippen LogP contribution in [0, 0.1) is 6.92 Å². The van der Waals surface area contributed by atoms with Gasteiger partial charge in [0.2, 0.25) is 5.91 Å². The number of nitrogens with zero attached hydrogens (tertiary/aromatic N) is 4. The lowest BCUT2D eigenvalue weighted by Crippen LogP contribution is -2.32. The molecule has 0 saturated carbocycles. The SMILES string of the molecule is Cc1nnc(SCC(=O)N[C@H](c2ccccc2)c2nccn2C)s1. The minimum Gasteiger partial charge on any atom is -0.341 e. The van der Waals surface area contributed by atoms with Crippen molar-refractivity contribution in [2.24, 2.45) is 7.05 Å². The smallest absolute Gasteiger partial charge is 0.231 e. The van der Waals surface area contributed by atoms with Gasteiger partial charge in [0.15, 0.2) is 4.34 Å². The first-order chi connectivity index (χ1) is 11.6. The fourth-order valence-corrected chi connectivity index (χ4v) is 3.89. The molecular weight excluding hydrogens is 342 g/mol. The van der Waals surface area contributed by atoms with E-state index in [-0.39, 0.29) is 11.9 Å². The molecule has 0 bridgehead atoms. The van der Waals surface area contributed by atoms with E-state index < -0.39 is 0 Å². The quantitative estimate of drug-likeness (QED) is 0.685. The molecule has 0 aliphatic heterocycles. The lowest BCUT2D eigenvalue weighted by atomic mass is 10.1. The molecule has 0 radical (unpaired) electrons. The van der Waals surface area contributed by atoms with Gasteiger partial charge >= 0.3 is 0 Å². The van der Waals surface area contributed by atoms with Gasteiger partial charge in [0.1, 0.15) is 16.9 Å². The Bertz CT molecular complexity index is 815. The Morgan fingerprint density at radius 1 is 1.33 bits per heavy atom. The van der Waals surface area contributed by atoms with E-state index in [1.807, 2.05) is 55.1 Å². The molecule has 124 valence electrons. The third-order valence-corrected chi connectivity index (χ3v) is 5.36. The van der Waals surface area contributed by atoms with Crippen LogP contribution in [0.3, 0.4) is 0 Å². The molecule has 0 aliphatic rings. The summed E-state index contributed by atoms with van der Waals surface area (Å²) < 4.78 is 2.72. The molecule has 2 aromatic heterocycles. The molecule has 8 heteroatoms. The number of imidazole rings is 1. The van der Waals surface area contributed by atoms with Crippen LogP contribution >= 0.6 is 23.1 Å². The number of carbonyl (C=O) groups excluding carboxylic acids is 1. The van der Waals surface area contributed by atoms with Crippen molar-refractivity contribution >= 4 is 29.0 Å². The number of nitrogens with one attached hydrogen (secondary N) is 1. The molecule has 1 aromatic carbocycles. The summed E-state index contributed by atoms with van der Waals surface area (Å²) in [6.07, 6.45) is 3.60. The summed E-state index contributed by atoms with van der Waals surface area (Å²) in [6, 6.07) is 9.55. The maximum Gasteiger partial charge on any atom is 0.231 e. The number of aromatic nitrogens is 4. The van der Waals surface area contributed by atoms with Crippen molar-refractivity contribution in [3.63, 3.8) is 0 Å². The number of thioether (sulfide) groups is 1. The van der Waals surface area contributed by atoms with Gasteiger partial charge in [-0.25, -0.2) is 4.98 Å². The Morgan fingerprint density at radius 2 is 2.12 bits per heavy atom. The van der Waals surface area contributed by atoms with E-state index in [4.69, 9.17) is 0 Å². The van der Waals surface area contributed by atoms with Crippen LogP contribution in [0.25, 0.3) is 0 Å². The molecule has 1 N–H and O–H groups in total. The standard InChI is InChI=1S/C16H17N5OS2/c1-11-19-20-16(24-11)23-10-13(22)18-14(12-6-4-3-5-7-12)15-17-8-9-21(15)2/h3-9,14H,10H2,1-2H3,(H,18,22)/t14-/m1/s1. The van der Waals surface area contributed by atoms with Crippen LogP contribution in [0.15, 0.2) is 47.1 Å². The monoisotopic (exact) mass is 359 g/mol. The molecule has 24 heavy (non-hydrogen) atoms. The molecule has 1 atom stereocenters. The Kier molecular flexibility index (Phi) is 5.27. The topological polar surface area (TPSA) is 72.7 Å². The van der Waals surface area contributed by atoms with Crippen LogP contribution in [-0.2, 0) is 11.8 Å². The summed E-state index contributed by atoms with van der Waals surface area (Å²) in [5.74, 6) is 1.03. The Hall–Kier alpha value is -2.19. The van der Waals surface area contributed by atoms with Crippen molar-refractivity contribution in [3.8, 4) is 0 Å². The van der Waals surface area contributed by atoms with Crippen LogP contribution < -0.4 is 5.32 Å². The zero-order chi connectivity index (χ0) is 16.9. The second-order valence-corrected chi connectivity index (χ2v) is 7.59. The van der Waals surface area contributed by atoms with Gasteiger partial charge in [-0.15, -0.1) is 10.2 Å². The first-order valence-electron chi connectivity index (χ1n) is 7.38. The van der Waals surface area contributed by atoms with Gasteiger partial charge < -0.3 is 9.88 Å². The van der Waals surface area contributed by atoms with Gasteiger partial charge in [0.25, 0.3) is 0 Å². The van der Waals surface area contributed by atoms with E-state index in [9.17, 15) is 4.79 Å². The molecule has 1 amide bonds. The maximum absolute atomic E-state index is 12.4. The average molecular weight is 359 g/mol. The summed E-state index contributed by atoms with van der Waals surface area (Å²) in [7, 11) is 1.92. The molecule has 0 spiro atoms. The van der Waals surface area contributed by atoms with E-state index in [2.05, 4.69) is 20.5 Å². The van der Waals surface area contributed by atoms with Gasteiger partial charge in [-0.2, -0.15) is 0 Å². The first kappa shape index (κ1) is 16.7. The van der Waals surface area contributed by atoms with Crippen molar-refractivity contribution in [1.82, 2.24) is 25.1 Å². The highest BCUT2D eigenvalue weighted by Gasteiger charge is 2.20. The highest BCUT2D eigenvalue weighted by molar-refractivity contribution is 8.01. The predicted molar refractivity (Wildman–Crippen MR) is 95.0 cm³/mol. The van der Waals surface area contributed by atoms with Crippen LogP contribution in [0.2, 0.25) is 0 Å². The number of benzene rings is 1. The van der Waals surface area contributed by atoms with Crippen LogP contribution in [-0.4, -0.2) is 31.4 Å². The maximum atomic E-state index is 12.4. The van der Waals surface area contributed by atoms with E-state index in [1.165, 1.54) is 23.1 Å². The fraction of sp³-hybridized carbons (Fsp3) is 0.250. The van der Waals surface area contributed by atoms with Crippen molar-refractivity contribution in [2.45, 2.75) is 17.3 Å². The lowest BCUT2D eigenvalue weighted by Gasteiger charge is -2.19. The zero-order valence-electron chi connectivity index (χ0n) is 13.3. The van der Waals surface area contributed by atoms with Crippen LogP contribution in [0.1, 0.15) is 22.4 Å².